The Labute approximate surface area is 177 Å². The fraction of sp³-hybridized carbons (Fsp3) is 0.167. The highest BCUT2D eigenvalue weighted by molar-refractivity contribution is 6.25. The Balaban J connectivity index is 1.96. The maximum atomic E-state index is 13.3. The number of fused-ring (bicyclic) bond motifs is 4. The smallest absolute Gasteiger partial charge is 0.332 e. The molecule has 1 aliphatic heterocycles. The van der Waals surface area contributed by atoms with Crippen molar-refractivity contribution in [3.05, 3.63) is 103 Å². The van der Waals surface area contributed by atoms with Crippen molar-refractivity contribution in [1.29, 1.82) is 0 Å². The van der Waals surface area contributed by atoms with Gasteiger partial charge in [-0.05, 0) is 5.56 Å². The molecule has 1 aliphatic carbocycles. The van der Waals surface area contributed by atoms with Crippen molar-refractivity contribution in [2.45, 2.75) is 12.8 Å². The molecular weight excluding hydrogens is 394 g/mol. The van der Waals surface area contributed by atoms with Crippen molar-refractivity contribution in [3.8, 4) is 0 Å². The number of hydrogen-bond donors (Lipinski definition) is 0. The van der Waals surface area contributed by atoms with Crippen LogP contribution in [0.5, 0.6) is 0 Å². The van der Waals surface area contributed by atoms with Crippen molar-refractivity contribution in [1.82, 2.24) is 9.13 Å². The van der Waals surface area contributed by atoms with Crippen LogP contribution in [0.3, 0.4) is 0 Å². The predicted molar refractivity (Wildman–Crippen MR) is 117 cm³/mol. The molecule has 0 saturated heterocycles. The minimum absolute atomic E-state index is 0.319. The molecular formula is C24H19N3O4. The van der Waals surface area contributed by atoms with E-state index in [9.17, 15) is 14.4 Å². The summed E-state index contributed by atoms with van der Waals surface area (Å²) in [5.74, 6) is -0.280. The van der Waals surface area contributed by atoms with Crippen molar-refractivity contribution in [2.24, 2.45) is 19.1 Å². The first kappa shape index (κ1) is 19.0. The minimum Gasteiger partial charge on any atom is -0.426 e. The number of aliphatic imine (C=N–C) groups is 1. The summed E-state index contributed by atoms with van der Waals surface area (Å²) in [5.41, 5.74) is 3.17. The van der Waals surface area contributed by atoms with Gasteiger partial charge in [-0.3, -0.25) is 18.7 Å². The zero-order chi connectivity index (χ0) is 21.9. The van der Waals surface area contributed by atoms with Gasteiger partial charge in [0, 0.05) is 43.6 Å². The van der Waals surface area contributed by atoms with Gasteiger partial charge in [0.15, 0.2) is 0 Å². The number of allylic oxidation sites excluding steroid dienone is 1. The van der Waals surface area contributed by atoms with Gasteiger partial charge >= 0.3 is 11.7 Å². The van der Waals surface area contributed by atoms with E-state index in [1.54, 1.807) is 7.05 Å². The molecule has 0 fully saturated rings. The number of aromatic nitrogens is 2. The summed E-state index contributed by atoms with van der Waals surface area (Å²) in [4.78, 5) is 42.7. The normalized spacial score (nSPS) is 16.4. The average molecular weight is 413 g/mol. The predicted octanol–water partition coefficient (Wildman–Crippen LogP) is 2.64. The molecule has 1 aromatic heterocycles. The van der Waals surface area contributed by atoms with Crippen LogP contribution < -0.4 is 11.2 Å². The number of hydrogen-bond acceptors (Lipinski definition) is 5. The van der Waals surface area contributed by atoms with Crippen LogP contribution in [0.25, 0.3) is 5.76 Å². The quantitative estimate of drug-likeness (QED) is 0.605. The van der Waals surface area contributed by atoms with Gasteiger partial charge in [0.2, 0.25) is 0 Å². The van der Waals surface area contributed by atoms with E-state index in [0.29, 0.717) is 28.4 Å². The Bertz CT molecular complexity index is 1440. The third-order valence-electron chi connectivity index (χ3n) is 5.77. The molecule has 7 heteroatoms. The van der Waals surface area contributed by atoms with Crippen molar-refractivity contribution < 1.29 is 9.53 Å². The monoisotopic (exact) mass is 413 g/mol. The van der Waals surface area contributed by atoms with E-state index in [2.05, 4.69) is 0 Å². The van der Waals surface area contributed by atoms with Crippen LogP contribution >= 0.6 is 0 Å². The molecule has 2 aliphatic rings. The number of esters is 1. The van der Waals surface area contributed by atoms with E-state index >= 15 is 0 Å². The van der Waals surface area contributed by atoms with Crippen LogP contribution in [0.2, 0.25) is 0 Å². The van der Waals surface area contributed by atoms with Gasteiger partial charge in [-0.25, -0.2) is 9.79 Å². The molecule has 0 bridgehead atoms. The molecule has 0 unspecified atom stereocenters. The maximum absolute atomic E-state index is 13.3. The highest BCUT2D eigenvalue weighted by Gasteiger charge is 2.42. The van der Waals surface area contributed by atoms with Crippen LogP contribution in [-0.2, 0) is 23.6 Å². The van der Waals surface area contributed by atoms with Gasteiger partial charge in [-0.2, -0.15) is 0 Å². The lowest BCUT2D eigenvalue weighted by Crippen LogP contribution is -2.41. The van der Waals surface area contributed by atoms with E-state index in [1.807, 2.05) is 54.6 Å². The fourth-order valence-electron chi connectivity index (χ4n) is 4.40. The van der Waals surface area contributed by atoms with Crippen molar-refractivity contribution in [3.63, 3.8) is 0 Å². The molecule has 0 amide bonds. The molecule has 154 valence electrons. The van der Waals surface area contributed by atoms with E-state index in [1.165, 1.54) is 18.5 Å². The molecule has 0 saturated carbocycles. The highest BCUT2D eigenvalue weighted by Crippen LogP contribution is 2.48. The van der Waals surface area contributed by atoms with E-state index in [-0.39, 0.29) is 0 Å². The second-order valence-corrected chi connectivity index (χ2v) is 7.63. The molecule has 0 spiro atoms. The van der Waals surface area contributed by atoms with E-state index in [0.717, 1.165) is 21.3 Å². The van der Waals surface area contributed by atoms with Crippen LogP contribution in [0.15, 0.2) is 74.8 Å². The summed E-state index contributed by atoms with van der Waals surface area (Å²) < 4.78 is 8.16. The first-order chi connectivity index (χ1) is 14.9. The van der Waals surface area contributed by atoms with Crippen molar-refractivity contribution >= 4 is 23.3 Å². The lowest BCUT2D eigenvalue weighted by atomic mass is 9.81. The zero-order valence-electron chi connectivity index (χ0n) is 17.2. The number of ether oxygens (including phenoxy) is 1. The summed E-state index contributed by atoms with van der Waals surface area (Å²) >= 11 is 0. The summed E-state index contributed by atoms with van der Waals surface area (Å²) in [6.45, 7) is 1.35. The van der Waals surface area contributed by atoms with Gasteiger partial charge in [-0.1, -0.05) is 54.6 Å². The minimum atomic E-state index is -0.545. The summed E-state index contributed by atoms with van der Waals surface area (Å²) in [6.07, 6.45) is 0. The molecule has 0 radical (unpaired) electrons. The second kappa shape index (κ2) is 6.77. The third-order valence-corrected chi connectivity index (χ3v) is 5.77. The molecule has 2 aromatic carbocycles. The number of rotatable bonds is 2. The van der Waals surface area contributed by atoms with Crippen LogP contribution in [0.1, 0.15) is 35.1 Å². The van der Waals surface area contributed by atoms with Gasteiger partial charge in [0.1, 0.15) is 11.6 Å². The molecule has 0 N–H and O–H groups in total. The topological polar surface area (TPSA) is 82.7 Å². The Morgan fingerprint density at radius 2 is 1.58 bits per heavy atom. The largest absolute Gasteiger partial charge is 0.426 e. The summed E-state index contributed by atoms with van der Waals surface area (Å²) in [6, 6.07) is 17.0. The number of carbonyl (C=O) groups is 1. The molecule has 7 nitrogen and oxygen atoms in total. The lowest BCUT2D eigenvalue weighted by molar-refractivity contribution is -0.134. The molecule has 3 aromatic rings. The third kappa shape index (κ3) is 2.66. The maximum Gasteiger partial charge on any atom is 0.332 e. The molecule has 31 heavy (non-hydrogen) atoms. The van der Waals surface area contributed by atoms with Crippen LogP contribution in [0, 0.1) is 0 Å². The second-order valence-electron chi connectivity index (χ2n) is 7.63. The highest BCUT2D eigenvalue weighted by atomic mass is 16.5. The Morgan fingerprint density at radius 3 is 2.26 bits per heavy atom. The van der Waals surface area contributed by atoms with E-state index < -0.39 is 23.1 Å². The summed E-state index contributed by atoms with van der Waals surface area (Å²) in [7, 11) is 3.06. The molecule has 1 atom stereocenters. The fourth-order valence-corrected chi connectivity index (χ4v) is 4.40. The Kier molecular flexibility index (Phi) is 4.15. The average Bonchev–Trinajstić information content (AvgIpc) is 3.08. The van der Waals surface area contributed by atoms with Crippen LogP contribution in [-0.4, -0.2) is 20.8 Å². The number of carbonyl (C=O) groups excluding carboxylic acids is 1. The zero-order valence-corrected chi connectivity index (χ0v) is 17.2. The number of nitrogens with zero attached hydrogens (tertiary/aromatic N) is 3. The van der Waals surface area contributed by atoms with Crippen molar-refractivity contribution in [2.75, 3.05) is 0 Å². The Morgan fingerprint density at radius 1 is 0.935 bits per heavy atom. The van der Waals surface area contributed by atoms with Gasteiger partial charge in [0.25, 0.3) is 5.56 Å². The first-order valence-electron chi connectivity index (χ1n) is 9.86. The molecule has 2 heterocycles. The first-order valence-corrected chi connectivity index (χ1v) is 9.86. The van der Waals surface area contributed by atoms with Gasteiger partial charge in [-0.15, -0.1) is 0 Å². The summed E-state index contributed by atoms with van der Waals surface area (Å²) in [5, 5.41) is 0. The van der Waals surface area contributed by atoms with Crippen LogP contribution in [0.4, 0.5) is 5.82 Å². The standard InChI is InChI=1S/C24H19N3O4/c1-13(28)31-21-16-12-8-7-11-15(16)20-18(21)17(14-9-5-4-6-10-14)19-22(25-20)26(2)24(30)27(3)23(19)29/h4-12,17H,1-3H3/t17-/m1/s1. The van der Waals surface area contributed by atoms with E-state index in [4.69, 9.17) is 9.73 Å². The lowest BCUT2D eigenvalue weighted by Gasteiger charge is -2.27. The number of benzene rings is 2. The van der Waals surface area contributed by atoms with Gasteiger partial charge in [0.05, 0.1) is 11.3 Å². The van der Waals surface area contributed by atoms with Gasteiger partial charge < -0.3 is 4.74 Å². The SMILES string of the molecule is CC(=O)OC1=C2C(=Nc3c(c(=O)n(C)c(=O)n3C)[C@@H]2c2ccccc2)c2ccccc21. The molecule has 5 rings (SSSR count). The Hall–Kier alpha value is -4.00.